The number of hydrogen-bond donors (Lipinski definition) is 3. The van der Waals surface area contributed by atoms with Crippen molar-refractivity contribution in [3.63, 3.8) is 0 Å². The van der Waals surface area contributed by atoms with Gasteiger partial charge >= 0.3 is 0 Å². The first-order valence-corrected chi connectivity index (χ1v) is 18.0. The Labute approximate surface area is 314 Å². The molecule has 8 heteroatoms. The summed E-state index contributed by atoms with van der Waals surface area (Å²) in [5, 5.41) is 8.25. The zero-order valence-electron chi connectivity index (χ0n) is 29.4. The van der Waals surface area contributed by atoms with Crippen molar-refractivity contribution >= 4 is 46.9 Å². The number of anilines is 2. The molecule has 0 saturated heterocycles. The number of rotatable bonds is 13. The summed E-state index contributed by atoms with van der Waals surface area (Å²) in [6, 6.07) is 48.6. The number of benzene rings is 6. The van der Waals surface area contributed by atoms with Gasteiger partial charge in [0.25, 0.3) is 11.8 Å². The molecule has 3 N–H and O–H groups in total. The molecule has 7 nitrogen and oxygen atoms in total. The van der Waals surface area contributed by atoms with Gasteiger partial charge in [-0.2, -0.15) is 0 Å². The Morgan fingerprint density at radius 2 is 1.32 bits per heavy atom. The minimum Gasteiger partial charge on any atom is -0.489 e. The molecule has 3 amide bonds. The van der Waals surface area contributed by atoms with E-state index < -0.39 is 17.1 Å². The summed E-state index contributed by atoms with van der Waals surface area (Å²) in [6.07, 6.45) is 1.62. The number of carbonyl (C=O) groups is 3. The fourth-order valence-electron chi connectivity index (χ4n) is 5.42. The van der Waals surface area contributed by atoms with Crippen LogP contribution in [0.15, 0.2) is 168 Å². The average molecular weight is 718 g/mol. The van der Waals surface area contributed by atoms with Crippen LogP contribution in [0.2, 0.25) is 0 Å². The van der Waals surface area contributed by atoms with E-state index in [4.69, 9.17) is 4.74 Å². The molecule has 0 radical (unpaired) electrons. The van der Waals surface area contributed by atoms with Gasteiger partial charge in [0.2, 0.25) is 5.91 Å². The highest BCUT2D eigenvalue weighted by atomic mass is 32.2. The molecule has 0 aliphatic carbocycles. The maximum Gasteiger partial charge on any atom is 0.272 e. The SMILES string of the molecule is Cc1ccc(NC(=O)C(Sc2cccc(NC(=O)/C(=C/c3ccc(OCc4ccccc4)cc3)NC(=O)c3ccccc3)c2)c2ccccc2)cc1C. The van der Waals surface area contributed by atoms with Crippen LogP contribution >= 0.6 is 11.8 Å². The topological polar surface area (TPSA) is 96.5 Å². The van der Waals surface area contributed by atoms with Crippen molar-refractivity contribution in [1.82, 2.24) is 5.32 Å². The largest absolute Gasteiger partial charge is 0.489 e. The van der Waals surface area contributed by atoms with Crippen molar-refractivity contribution in [3.05, 3.63) is 197 Å². The minimum absolute atomic E-state index is 0.0600. The van der Waals surface area contributed by atoms with Gasteiger partial charge in [0, 0.05) is 21.8 Å². The summed E-state index contributed by atoms with van der Waals surface area (Å²) in [5.74, 6) is -0.409. The molecule has 0 spiro atoms. The number of nitrogens with one attached hydrogen (secondary N) is 3. The van der Waals surface area contributed by atoms with Crippen LogP contribution < -0.4 is 20.7 Å². The lowest BCUT2D eigenvalue weighted by Crippen LogP contribution is -2.30. The Bertz CT molecular complexity index is 2210. The maximum absolute atomic E-state index is 13.8. The first-order valence-electron chi connectivity index (χ1n) is 17.2. The van der Waals surface area contributed by atoms with Gasteiger partial charge in [0.05, 0.1) is 0 Å². The van der Waals surface area contributed by atoms with Gasteiger partial charge in [-0.3, -0.25) is 14.4 Å². The molecule has 53 heavy (non-hydrogen) atoms. The highest BCUT2D eigenvalue weighted by Crippen LogP contribution is 2.37. The van der Waals surface area contributed by atoms with Crippen molar-refractivity contribution in [2.45, 2.75) is 30.6 Å². The number of hydrogen-bond acceptors (Lipinski definition) is 5. The molecule has 6 aromatic carbocycles. The van der Waals surface area contributed by atoms with Gasteiger partial charge in [0.1, 0.15) is 23.3 Å². The molecule has 0 aromatic heterocycles. The van der Waals surface area contributed by atoms with Gasteiger partial charge in [0.15, 0.2) is 0 Å². The quantitative estimate of drug-likeness (QED) is 0.0817. The van der Waals surface area contributed by atoms with Gasteiger partial charge in [-0.25, -0.2) is 0 Å². The predicted octanol–water partition coefficient (Wildman–Crippen LogP) is 9.76. The number of thioether (sulfide) groups is 1. The molecule has 1 atom stereocenters. The van der Waals surface area contributed by atoms with Crippen LogP contribution in [-0.2, 0) is 16.2 Å². The standard InChI is InChI=1S/C45H39N3O4S/c1-31-21-24-38(27-32(31)2)47-45(51)42(35-15-8-4-9-16-35)53-40-20-12-19-37(29-40)46-44(50)41(48-43(49)36-17-10-5-11-18-36)28-33-22-25-39(26-23-33)52-30-34-13-6-3-7-14-34/h3-29,42H,30H2,1-2H3,(H,46,50)(H,47,51)(H,48,49)/b41-28-. The molecule has 0 heterocycles. The monoisotopic (exact) mass is 717 g/mol. The zero-order valence-corrected chi connectivity index (χ0v) is 30.2. The van der Waals surface area contributed by atoms with E-state index in [1.165, 1.54) is 11.8 Å². The molecule has 0 fully saturated rings. The Morgan fingerprint density at radius 3 is 2.02 bits per heavy atom. The highest BCUT2D eigenvalue weighted by Gasteiger charge is 2.23. The molecule has 6 rings (SSSR count). The van der Waals surface area contributed by atoms with E-state index in [2.05, 4.69) is 16.0 Å². The van der Waals surface area contributed by atoms with Crippen LogP contribution in [0.1, 0.15) is 43.4 Å². The lowest BCUT2D eigenvalue weighted by atomic mass is 10.1. The Balaban J connectivity index is 1.20. The van der Waals surface area contributed by atoms with Crippen molar-refractivity contribution in [3.8, 4) is 5.75 Å². The minimum atomic E-state index is -0.566. The smallest absolute Gasteiger partial charge is 0.272 e. The predicted molar refractivity (Wildman–Crippen MR) is 214 cm³/mol. The first-order chi connectivity index (χ1) is 25.8. The second kappa shape index (κ2) is 17.7. The van der Waals surface area contributed by atoms with Crippen LogP contribution in [-0.4, -0.2) is 17.7 Å². The lowest BCUT2D eigenvalue weighted by molar-refractivity contribution is -0.116. The lowest BCUT2D eigenvalue weighted by Gasteiger charge is -2.18. The fourth-order valence-corrected chi connectivity index (χ4v) is 6.50. The molecule has 0 aliphatic rings. The highest BCUT2D eigenvalue weighted by molar-refractivity contribution is 8.00. The van der Waals surface area contributed by atoms with Crippen LogP contribution in [0.5, 0.6) is 5.75 Å². The maximum atomic E-state index is 13.8. The summed E-state index contributed by atoms with van der Waals surface area (Å²) in [7, 11) is 0. The Morgan fingerprint density at radius 1 is 0.660 bits per heavy atom. The second-order valence-corrected chi connectivity index (χ2v) is 13.6. The van der Waals surface area contributed by atoms with Crippen LogP contribution in [0.4, 0.5) is 11.4 Å². The van der Waals surface area contributed by atoms with E-state index in [-0.39, 0.29) is 11.6 Å². The van der Waals surface area contributed by atoms with E-state index >= 15 is 0 Å². The molecule has 0 bridgehead atoms. The number of ether oxygens (including phenoxy) is 1. The Hall–Kier alpha value is -6.38. The second-order valence-electron chi connectivity index (χ2n) is 12.4. The fraction of sp³-hybridized carbons (Fsp3) is 0.0889. The molecular formula is C45H39N3O4S. The Kier molecular flexibility index (Phi) is 12.2. The van der Waals surface area contributed by atoms with Crippen LogP contribution in [0.3, 0.4) is 0 Å². The van der Waals surface area contributed by atoms with E-state index in [1.807, 2.05) is 141 Å². The van der Waals surface area contributed by atoms with E-state index in [0.717, 1.165) is 32.8 Å². The normalized spacial score (nSPS) is 11.6. The number of amides is 3. The summed E-state index contributed by atoms with van der Waals surface area (Å²) in [4.78, 5) is 41.6. The van der Waals surface area contributed by atoms with Crippen molar-refractivity contribution in [2.24, 2.45) is 0 Å². The van der Waals surface area contributed by atoms with Gasteiger partial charge in [-0.1, -0.05) is 103 Å². The third kappa shape index (κ3) is 10.3. The molecular weight excluding hydrogens is 679 g/mol. The molecule has 264 valence electrons. The number of aryl methyl sites for hydroxylation is 2. The van der Waals surface area contributed by atoms with Crippen LogP contribution in [0.25, 0.3) is 6.08 Å². The van der Waals surface area contributed by atoms with E-state index in [1.54, 1.807) is 36.4 Å². The van der Waals surface area contributed by atoms with Crippen molar-refractivity contribution in [2.75, 3.05) is 10.6 Å². The summed E-state index contributed by atoms with van der Waals surface area (Å²) in [5.41, 5.74) is 6.54. The summed E-state index contributed by atoms with van der Waals surface area (Å²) in [6.45, 7) is 4.48. The van der Waals surface area contributed by atoms with Crippen molar-refractivity contribution in [1.29, 1.82) is 0 Å². The zero-order chi connectivity index (χ0) is 37.0. The van der Waals surface area contributed by atoms with Crippen molar-refractivity contribution < 1.29 is 19.1 Å². The van der Waals surface area contributed by atoms with E-state index in [9.17, 15) is 14.4 Å². The number of carbonyl (C=O) groups excluding carboxylic acids is 3. The van der Waals surface area contributed by atoms with Gasteiger partial charge in [-0.15, -0.1) is 11.8 Å². The van der Waals surface area contributed by atoms with E-state index in [0.29, 0.717) is 29.2 Å². The summed E-state index contributed by atoms with van der Waals surface area (Å²) >= 11 is 1.38. The summed E-state index contributed by atoms with van der Waals surface area (Å²) < 4.78 is 5.92. The molecule has 6 aromatic rings. The average Bonchev–Trinajstić information content (AvgIpc) is 3.19. The molecule has 0 saturated carbocycles. The van der Waals surface area contributed by atoms with Gasteiger partial charge < -0.3 is 20.7 Å². The third-order valence-corrected chi connectivity index (χ3v) is 9.68. The third-order valence-electron chi connectivity index (χ3n) is 8.43. The molecule has 1 unspecified atom stereocenters. The molecule has 0 aliphatic heterocycles. The van der Waals surface area contributed by atoms with Crippen LogP contribution in [0, 0.1) is 13.8 Å². The first kappa shape index (κ1) is 36.4. The van der Waals surface area contributed by atoms with Gasteiger partial charge in [-0.05, 0) is 102 Å².